The van der Waals surface area contributed by atoms with Crippen LogP contribution >= 0.6 is 24.8 Å². The Hall–Kier alpha value is -4.66. The first-order valence-corrected chi connectivity index (χ1v) is 12.9. The number of rotatable bonds is 7. The average molecular weight is 649 g/mol. The second kappa shape index (κ2) is 13.8. The van der Waals surface area contributed by atoms with Gasteiger partial charge in [0.05, 0.1) is 11.7 Å². The maximum Gasteiger partial charge on any atom is 0.284 e. The number of piperidine rings is 1. The molecule has 0 radical (unpaired) electrons. The fourth-order valence-corrected chi connectivity index (χ4v) is 4.60. The molecule has 2 atom stereocenters. The SMILES string of the molecule is Cl.Cl.O=C(Nc1ccc(Oc2ccnc3[nH]nc(N[C@H]4CCNC[C@H]4F)c23)c(F)c1)c1ccnn(-c2ccc(F)cc2)c1=O. The zero-order valence-electron chi connectivity index (χ0n) is 22.6. The lowest BCUT2D eigenvalue weighted by atomic mass is 10.0. The first-order valence-electron chi connectivity index (χ1n) is 12.9. The van der Waals surface area contributed by atoms with E-state index in [4.69, 9.17) is 4.74 Å². The van der Waals surface area contributed by atoms with E-state index in [1.807, 2.05) is 0 Å². The van der Waals surface area contributed by atoms with Gasteiger partial charge in [0.2, 0.25) is 0 Å². The van der Waals surface area contributed by atoms with Gasteiger partial charge in [-0.3, -0.25) is 14.7 Å². The lowest BCUT2D eigenvalue weighted by molar-refractivity contribution is 0.102. The third-order valence-electron chi connectivity index (χ3n) is 6.72. The molecule has 44 heavy (non-hydrogen) atoms. The monoisotopic (exact) mass is 648 g/mol. The first kappa shape index (κ1) is 32.3. The fourth-order valence-electron chi connectivity index (χ4n) is 4.60. The van der Waals surface area contributed by atoms with Crippen molar-refractivity contribution in [2.24, 2.45) is 0 Å². The van der Waals surface area contributed by atoms with Crippen LogP contribution in [0.2, 0.25) is 0 Å². The predicted molar refractivity (Wildman–Crippen MR) is 162 cm³/mol. The van der Waals surface area contributed by atoms with Crippen LogP contribution in [0.15, 0.2) is 71.8 Å². The topological polar surface area (TPSA) is 139 Å². The van der Waals surface area contributed by atoms with Gasteiger partial charge in [-0.1, -0.05) is 0 Å². The summed E-state index contributed by atoms with van der Waals surface area (Å²) in [6, 6.07) is 11.1. The molecule has 0 saturated carbocycles. The van der Waals surface area contributed by atoms with Crippen molar-refractivity contribution < 1.29 is 22.7 Å². The minimum absolute atomic E-state index is 0. The Morgan fingerprint density at radius 3 is 2.57 bits per heavy atom. The van der Waals surface area contributed by atoms with E-state index in [0.29, 0.717) is 29.8 Å². The molecule has 11 nitrogen and oxygen atoms in total. The number of ether oxygens (including phenoxy) is 1. The Kier molecular flexibility index (Phi) is 10.1. The van der Waals surface area contributed by atoms with Crippen molar-refractivity contribution in [2.75, 3.05) is 23.7 Å². The van der Waals surface area contributed by atoms with E-state index in [2.05, 4.69) is 36.2 Å². The normalized spacial score (nSPS) is 16.0. The predicted octanol–water partition coefficient (Wildman–Crippen LogP) is 4.78. The van der Waals surface area contributed by atoms with Crippen LogP contribution in [-0.4, -0.2) is 56.2 Å². The summed E-state index contributed by atoms with van der Waals surface area (Å²) in [4.78, 5) is 30.0. The molecule has 4 N–H and O–H groups in total. The summed E-state index contributed by atoms with van der Waals surface area (Å²) in [6.45, 7) is 0.878. The number of aromatic amines is 1. The third-order valence-corrected chi connectivity index (χ3v) is 6.72. The van der Waals surface area contributed by atoms with Crippen LogP contribution < -0.4 is 26.2 Å². The molecule has 0 bridgehead atoms. The number of nitrogens with one attached hydrogen (secondary N) is 4. The molecule has 1 aliphatic heterocycles. The number of H-pyrrole nitrogens is 1. The molecule has 1 saturated heterocycles. The maximum atomic E-state index is 15.1. The standard InChI is InChI=1S/C28H23F3N8O3.2ClH/c29-15-1-4-17(5-2-15)39-28(41)18(7-12-34-39)27(40)35-16-3-6-22(19(30)13-16)42-23-9-11-33-25-24(23)26(38-37-25)36-21-8-10-32-14-20(21)31;;/h1-7,9,11-13,20-21,32H,8,10,14H2,(H,35,40)(H2,33,36,37,38);2*1H/t20-,21+;;/m1../s1. The molecule has 1 aliphatic rings. The molecule has 1 fully saturated rings. The number of halogens is 5. The first-order chi connectivity index (χ1) is 20.4. The Balaban J connectivity index is 0.00000221. The van der Waals surface area contributed by atoms with Crippen LogP contribution in [0.4, 0.5) is 24.7 Å². The second-order valence-electron chi connectivity index (χ2n) is 9.50. The number of amides is 1. The van der Waals surface area contributed by atoms with E-state index in [1.165, 1.54) is 48.8 Å². The molecule has 0 unspecified atom stereocenters. The number of hydrogen-bond donors (Lipinski definition) is 4. The minimum atomic E-state index is -1.12. The number of benzene rings is 2. The van der Waals surface area contributed by atoms with Crippen molar-refractivity contribution >= 4 is 53.3 Å². The Bertz CT molecular complexity index is 1840. The van der Waals surface area contributed by atoms with E-state index in [-0.39, 0.29) is 59.8 Å². The van der Waals surface area contributed by atoms with E-state index < -0.39 is 35.3 Å². The summed E-state index contributed by atoms with van der Waals surface area (Å²) in [5, 5.41) is 19.9. The zero-order chi connectivity index (χ0) is 29.2. The van der Waals surface area contributed by atoms with Crippen LogP contribution in [0, 0.1) is 11.6 Å². The van der Waals surface area contributed by atoms with Crippen LogP contribution in [0.5, 0.6) is 11.5 Å². The number of hydrogen-bond acceptors (Lipinski definition) is 8. The highest BCUT2D eigenvalue weighted by Gasteiger charge is 2.26. The van der Waals surface area contributed by atoms with Gasteiger partial charge < -0.3 is 20.7 Å². The van der Waals surface area contributed by atoms with Crippen LogP contribution in [0.1, 0.15) is 16.8 Å². The highest BCUT2D eigenvalue weighted by Crippen LogP contribution is 2.35. The Morgan fingerprint density at radius 2 is 1.82 bits per heavy atom. The van der Waals surface area contributed by atoms with Gasteiger partial charge in [-0.25, -0.2) is 18.2 Å². The van der Waals surface area contributed by atoms with E-state index >= 15 is 4.39 Å². The summed E-state index contributed by atoms with van der Waals surface area (Å²) < 4.78 is 49.6. The van der Waals surface area contributed by atoms with Crippen molar-refractivity contribution in [3.05, 3.63) is 94.5 Å². The van der Waals surface area contributed by atoms with Crippen molar-refractivity contribution in [3.8, 4) is 17.2 Å². The van der Waals surface area contributed by atoms with Crippen molar-refractivity contribution in [1.29, 1.82) is 0 Å². The number of carbonyl (C=O) groups is 1. The molecule has 6 rings (SSSR count). The lowest BCUT2D eigenvalue weighted by Gasteiger charge is -2.27. The Morgan fingerprint density at radius 1 is 1.02 bits per heavy atom. The maximum absolute atomic E-state index is 15.1. The number of alkyl halides is 1. The molecule has 3 aromatic heterocycles. The van der Waals surface area contributed by atoms with Gasteiger partial charge in [-0.2, -0.15) is 14.9 Å². The van der Waals surface area contributed by atoms with Crippen molar-refractivity contribution in [3.63, 3.8) is 0 Å². The smallest absolute Gasteiger partial charge is 0.284 e. The van der Waals surface area contributed by atoms with Gasteiger partial charge in [0, 0.05) is 36.8 Å². The number of pyridine rings is 1. The number of nitrogens with zero attached hydrogens (tertiary/aromatic N) is 4. The zero-order valence-corrected chi connectivity index (χ0v) is 24.2. The highest BCUT2D eigenvalue weighted by molar-refractivity contribution is 6.04. The quantitative estimate of drug-likeness (QED) is 0.198. The van der Waals surface area contributed by atoms with Crippen LogP contribution in [0.3, 0.4) is 0 Å². The largest absolute Gasteiger partial charge is 0.453 e. The van der Waals surface area contributed by atoms with Crippen molar-refractivity contribution in [1.82, 2.24) is 30.3 Å². The van der Waals surface area contributed by atoms with Gasteiger partial charge in [0.1, 0.15) is 28.7 Å². The number of fused-ring (bicyclic) bond motifs is 1. The minimum Gasteiger partial charge on any atom is -0.453 e. The average Bonchev–Trinajstić information content (AvgIpc) is 3.40. The molecule has 1 amide bonds. The molecule has 0 spiro atoms. The molecule has 0 aliphatic carbocycles. The van der Waals surface area contributed by atoms with Crippen LogP contribution in [-0.2, 0) is 0 Å². The molecular weight excluding hydrogens is 624 g/mol. The van der Waals surface area contributed by atoms with E-state index in [0.717, 1.165) is 22.9 Å². The number of aromatic nitrogens is 5. The third kappa shape index (κ3) is 6.61. The van der Waals surface area contributed by atoms with Gasteiger partial charge in [0.15, 0.2) is 23.0 Å². The van der Waals surface area contributed by atoms with Gasteiger partial charge in [-0.15, -0.1) is 24.8 Å². The lowest BCUT2D eigenvalue weighted by Crippen LogP contribution is -2.45. The number of carbonyl (C=O) groups excluding carboxylic acids is 1. The van der Waals surface area contributed by atoms with Gasteiger partial charge >= 0.3 is 0 Å². The van der Waals surface area contributed by atoms with E-state index in [1.54, 1.807) is 0 Å². The Labute approximate surface area is 260 Å². The fraction of sp³-hybridized carbons (Fsp3) is 0.179. The molecule has 4 heterocycles. The number of anilines is 2. The molecular formula is C28H25Cl2F3N8O3. The second-order valence-corrected chi connectivity index (χ2v) is 9.50. The molecule has 16 heteroatoms. The summed E-state index contributed by atoms with van der Waals surface area (Å²) >= 11 is 0. The van der Waals surface area contributed by atoms with Crippen molar-refractivity contribution in [2.45, 2.75) is 18.6 Å². The highest BCUT2D eigenvalue weighted by atomic mass is 35.5. The summed E-state index contributed by atoms with van der Waals surface area (Å²) in [5.74, 6) is -1.67. The molecule has 2 aromatic carbocycles. The summed E-state index contributed by atoms with van der Waals surface area (Å²) in [5.41, 5.74) is -0.285. The molecule has 5 aromatic rings. The van der Waals surface area contributed by atoms with Gasteiger partial charge in [-0.05, 0) is 55.4 Å². The van der Waals surface area contributed by atoms with E-state index in [9.17, 15) is 18.4 Å². The summed E-state index contributed by atoms with van der Waals surface area (Å²) in [6.07, 6.45) is 2.14. The summed E-state index contributed by atoms with van der Waals surface area (Å²) in [7, 11) is 0. The van der Waals surface area contributed by atoms with Crippen LogP contribution in [0.25, 0.3) is 16.7 Å². The van der Waals surface area contributed by atoms with Gasteiger partial charge in [0.25, 0.3) is 11.5 Å². The molecule has 230 valence electrons.